The van der Waals surface area contributed by atoms with Crippen LogP contribution in [0.4, 0.5) is 13.2 Å². The van der Waals surface area contributed by atoms with E-state index in [1.807, 2.05) is 0 Å². The number of hydrogen-bond donors (Lipinski definition) is 0. The Hall–Kier alpha value is -1.68. The normalized spacial score (nSPS) is 29.3. The van der Waals surface area contributed by atoms with Gasteiger partial charge in [0.15, 0.2) is 0 Å². The van der Waals surface area contributed by atoms with Crippen molar-refractivity contribution in [1.29, 1.82) is 0 Å². The number of rotatable bonds is 10. The summed E-state index contributed by atoms with van der Waals surface area (Å²) in [4.78, 5) is 0. The molecule has 0 atom stereocenters. The van der Waals surface area contributed by atoms with Crippen molar-refractivity contribution in [2.45, 2.75) is 116 Å². The summed E-state index contributed by atoms with van der Waals surface area (Å²) in [5.74, 6) is 3.03. The molecule has 0 bridgehead atoms. The average molecular weight is 589 g/mol. The number of ether oxygens (including phenoxy) is 1. The number of unbranched alkanes of at least 4 members (excludes halogenated alkanes) is 2. The monoisotopic (exact) mass is 588 g/mol. The second-order valence-electron chi connectivity index (χ2n) is 13.4. The van der Waals surface area contributed by atoms with Crippen LogP contribution in [0.5, 0.6) is 5.75 Å². The molecule has 0 amide bonds. The maximum absolute atomic E-state index is 15.2. The molecule has 3 aliphatic carbocycles. The molecule has 0 aliphatic heterocycles. The lowest BCUT2D eigenvalue weighted by molar-refractivity contribution is -0.224. The van der Waals surface area contributed by atoms with Crippen LogP contribution in [0, 0.1) is 41.3 Å². The SMILES string of the molecule is CCCCCC1CCC(C2CCC(C3CCC(C(F)(F)Oc4ccc(-c5ccc(Cl)c(F)c5)cc4)CC3)CC2)CC1. The predicted octanol–water partition coefficient (Wildman–Crippen LogP) is 12.1. The molecule has 0 saturated heterocycles. The summed E-state index contributed by atoms with van der Waals surface area (Å²) >= 11 is 5.77. The van der Waals surface area contributed by atoms with E-state index in [0.717, 1.165) is 42.1 Å². The van der Waals surface area contributed by atoms with Gasteiger partial charge in [0.05, 0.1) is 10.9 Å². The summed E-state index contributed by atoms with van der Waals surface area (Å²) in [6.07, 6.45) is 16.3. The molecule has 41 heavy (non-hydrogen) atoms. The van der Waals surface area contributed by atoms with Crippen molar-refractivity contribution in [2.24, 2.45) is 35.5 Å². The fraction of sp³-hybridized carbons (Fsp3) is 0.667. The first kappa shape index (κ1) is 30.8. The molecule has 3 saturated carbocycles. The first-order valence-corrected chi connectivity index (χ1v) is 16.8. The lowest BCUT2D eigenvalue weighted by Gasteiger charge is -2.42. The van der Waals surface area contributed by atoms with E-state index in [2.05, 4.69) is 6.92 Å². The zero-order valence-corrected chi connectivity index (χ0v) is 25.5. The van der Waals surface area contributed by atoms with Crippen LogP contribution in [0.3, 0.4) is 0 Å². The van der Waals surface area contributed by atoms with Crippen LogP contribution in [-0.2, 0) is 0 Å². The maximum atomic E-state index is 15.2. The molecule has 226 valence electrons. The number of hydrogen-bond acceptors (Lipinski definition) is 1. The van der Waals surface area contributed by atoms with E-state index in [9.17, 15) is 4.39 Å². The van der Waals surface area contributed by atoms with Crippen molar-refractivity contribution in [1.82, 2.24) is 0 Å². The molecule has 0 heterocycles. The van der Waals surface area contributed by atoms with Crippen LogP contribution in [0.2, 0.25) is 5.02 Å². The van der Waals surface area contributed by atoms with Gasteiger partial charge in [-0.3, -0.25) is 0 Å². The Bertz CT molecular complexity index is 1080. The highest BCUT2D eigenvalue weighted by molar-refractivity contribution is 6.30. The molecular formula is C36H48ClF3O. The Balaban J connectivity index is 1.04. The van der Waals surface area contributed by atoms with Crippen LogP contribution in [-0.4, -0.2) is 6.11 Å². The standard InChI is InChI=1S/C36H48ClF3O/c1-2-3-4-5-25-6-8-26(9-7-25)27-10-12-28(13-11-27)29-14-19-32(20-15-29)36(39,40)41-33-21-16-30(17-22-33)31-18-23-34(37)35(38)24-31/h16-18,21-29,32H,2-15,19-20H2,1H3. The van der Waals surface area contributed by atoms with Gasteiger partial charge in [-0.15, -0.1) is 0 Å². The smallest absolute Gasteiger partial charge is 0.400 e. The van der Waals surface area contributed by atoms with E-state index < -0.39 is 17.8 Å². The Morgan fingerprint density at radius 1 is 0.707 bits per heavy atom. The topological polar surface area (TPSA) is 9.23 Å². The molecule has 2 aromatic rings. The fourth-order valence-electron chi connectivity index (χ4n) is 8.28. The molecule has 0 aromatic heterocycles. The van der Waals surface area contributed by atoms with Gasteiger partial charge in [0.25, 0.3) is 0 Å². The van der Waals surface area contributed by atoms with Crippen LogP contribution < -0.4 is 4.74 Å². The Kier molecular flexibility index (Phi) is 10.7. The zero-order chi connectivity index (χ0) is 28.8. The average Bonchev–Trinajstić information content (AvgIpc) is 2.99. The molecule has 5 heteroatoms. The van der Waals surface area contributed by atoms with Gasteiger partial charge in [-0.05, 0) is 129 Å². The van der Waals surface area contributed by atoms with Crippen LogP contribution in [0.1, 0.15) is 110 Å². The van der Waals surface area contributed by atoms with Gasteiger partial charge in [-0.25, -0.2) is 4.39 Å². The first-order valence-electron chi connectivity index (χ1n) is 16.4. The van der Waals surface area contributed by atoms with Crippen molar-refractivity contribution < 1.29 is 17.9 Å². The van der Waals surface area contributed by atoms with E-state index in [4.69, 9.17) is 16.3 Å². The lowest BCUT2D eigenvalue weighted by Crippen LogP contribution is -2.38. The highest BCUT2D eigenvalue weighted by Gasteiger charge is 2.45. The first-order chi connectivity index (χ1) is 19.8. The molecule has 0 radical (unpaired) electrons. The molecular weight excluding hydrogens is 541 g/mol. The van der Waals surface area contributed by atoms with Gasteiger partial charge in [0.2, 0.25) is 0 Å². The molecule has 2 aromatic carbocycles. The zero-order valence-electron chi connectivity index (χ0n) is 24.7. The summed E-state index contributed by atoms with van der Waals surface area (Å²) in [6.45, 7) is 2.29. The molecule has 5 rings (SSSR count). The molecule has 1 nitrogen and oxygen atoms in total. The van der Waals surface area contributed by atoms with Crippen molar-refractivity contribution in [3.63, 3.8) is 0 Å². The number of alkyl halides is 2. The summed E-state index contributed by atoms with van der Waals surface area (Å²) in [6, 6.07) is 11.0. The minimum absolute atomic E-state index is 0.0567. The third-order valence-corrected chi connectivity index (χ3v) is 11.2. The van der Waals surface area contributed by atoms with Gasteiger partial charge in [0.1, 0.15) is 11.6 Å². The van der Waals surface area contributed by atoms with Gasteiger partial charge in [-0.1, -0.05) is 75.2 Å². The molecule has 0 N–H and O–H groups in total. The second kappa shape index (κ2) is 14.2. The maximum Gasteiger partial charge on any atom is 0.400 e. The number of halogens is 4. The van der Waals surface area contributed by atoms with E-state index in [1.54, 1.807) is 30.3 Å². The lowest BCUT2D eigenvalue weighted by atomic mass is 9.65. The summed E-state index contributed by atoms with van der Waals surface area (Å²) in [7, 11) is 0. The minimum atomic E-state index is -3.19. The largest absolute Gasteiger partial charge is 0.432 e. The van der Waals surface area contributed by atoms with Crippen molar-refractivity contribution in [3.05, 3.63) is 53.3 Å². The summed E-state index contributed by atoms with van der Waals surface area (Å²) in [5, 5.41) is 0.0567. The Labute approximate surface area is 250 Å². The molecule has 0 unspecified atom stereocenters. The van der Waals surface area contributed by atoms with Crippen LogP contribution in [0.25, 0.3) is 11.1 Å². The van der Waals surface area contributed by atoms with E-state index in [-0.39, 0.29) is 10.8 Å². The highest BCUT2D eigenvalue weighted by Crippen LogP contribution is 2.48. The third-order valence-electron chi connectivity index (χ3n) is 10.9. The van der Waals surface area contributed by atoms with Crippen molar-refractivity contribution in [3.8, 4) is 16.9 Å². The minimum Gasteiger partial charge on any atom is -0.432 e. The second-order valence-corrected chi connectivity index (χ2v) is 13.8. The highest BCUT2D eigenvalue weighted by atomic mass is 35.5. The summed E-state index contributed by atoms with van der Waals surface area (Å²) in [5.41, 5.74) is 1.37. The molecule has 3 fully saturated rings. The number of benzene rings is 2. The Morgan fingerprint density at radius 2 is 1.22 bits per heavy atom. The van der Waals surface area contributed by atoms with E-state index >= 15 is 8.78 Å². The van der Waals surface area contributed by atoms with Crippen LogP contribution >= 0.6 is 11.6 Å². The van der Waals surface area contributed by atoms with Crippen molar-refractivity contribution in [2.75, 3.05) is 0 Å². The summed E-state index contributed by atoms with van der Waals surface area (Å²) < 4.78 is 49.4. The predicted molar refractivity (Wildman–Crippen MR) is 163 cm³/mol. The van der Waals surface area contributed by atoms with E-state index in [0.29, 0.717) is 24.3 Å². The Morgan fingerprint density at radius 3 is 1.76 bits per heavy atom. The van der Waals surface area contributed by atoms with Gasteiger partial charge < -0.3 is 4.74 Å². The quantitative estimate of drug-likeness (QED) is 0.251. The molecule has 0 spiro atoms. The fourth-order valence-corrected chi connectivity index (χ4v) is 8.39. The van der Waals surface area contributed by atoms with Gasteiger partial charge in [0, 0.05) is 0 Å². The van der Waals surface area contributed by atoms with Crippen LogP contribution in [0.15, 0.2) is 42.5 Å². The van der Waals surface area contributed by atoms with Gasteiger partial charge in [-0.2, -0.15) is 8.78 Å². The van der Waals surface area contributed by atoms with E-state index in [1.165, 1.54) is 89.2 Å². The molecule has 3 aliphatic rings. The third kappa shape index (κ3) is 8.03. The van der Waals surface area contributed by atoms with Crippen molar-refractivity contribution >= 4 is 11.6 Å². The van der Waals surface area contributed by atoms with Gasteiger partial charge >= 0.3 is 6.11 Å².